The highest BCUT2D eigenvalue weighted by Gasteiger charge is 2.61. The number of halogens is 1. The number of ether oxygens (including phenoxy) is 1. The highest BCUT2D eigenvalue weighted by Crippen LogP contribution is 2.61. The molecule has 0 unspecified atom stereocenters. The molecule has 108 valence electrons. The van der Waals surface area contributed by atoms with Crippen LogP contribution in [0.4, 0.5) is 4.39 Å². The minimum Gasteiger partial charge on any atom is -0.496 e. The number of amides is 1. The molecule has 0 aliphatic heterocycles. The Morgan fingerprint density at radius 2 is 2.05 bits per heavy atom. The van der Waals surface area contributed by atoms with Crippen LogP contribution in [0, 0.1) is 11.7 Å². The van der Waals surface area contributed by atoms with Crippen LogP contribution in [-0.4, -0.2) is 29.5 Å². The molecule has 3 saturated carbocycles. The van der Waals surface area contributed by atoms with Gasteiger partial charge in [-0.2, -0.15) is 0 Å². The van der Waals surface area contributed by atoms with Crippen molar-refractivity contribution >= 4 is 5.91 Å². The van der Waals surface area contributed by atoms with Crippen molar-refractivity contribution in [3.8, 4) is 5.75 Å². The molecule has 0 heterocycles. The molecule has 1 amide bonds. The third-order valence-electron chi connectivity index (χ3n) is 4.64. The Labute approximate surface area is 118 Å². The van der Waals surface area contributed by atoms with E-state index in [1.165, 1.54) is 25.3 Å². The maximum absolute atomic E-state index is 13.5. The first kappa shape index (κ1) is 13.4. The van der Waals surface area contributed by atoms with Gasteiger partial charge in [0.25, 0.3) is 5.91 Å². The predicted molar refractivity (Wildman–Crippen MR) is 74.3 cm³/mol. The minimum atomic E-state index is -0.407. The van der Waals surface area contributed by atoms with E-state index in [1.54, 1.807) is 0 Å². The Kier molecular flexibility index (Phi) is 3.00. The van der Waals surface area contributed by atoms with Crippen LogP contribution in [0.1, 0.15) is 43.5 Å². The zero-order valence-corrected chi connectivity index (χ0v) is 12.1. The molecule has 0 atom stereocenters. The summed E-state index contributed by atoms with van der Waals surface area (Å²) in [5.74, 6) is 0.706. The van der Waals surface area contributed by atoms with E-state index >= 15 is 0 Å². The lowest BCUT2D eigenvalue weighted by Gasteiger charge is -2.67. The quantitative estimate of drug-likeness (QED) is 0.845. The van der Waals surface area contributed by atoms with E-state index < -0.39 is 5.82 Å². The molecule has 1 aromatic rings. The fourth-order valence-corrected chi connectivity index (χ4v) is 3.70. The highest BCUT2D eigenvalue weighted by molar-refractivity contribution is 5.98. The molecule has 1 aromatic carbocycles. The molecule has 0 aromatic heterocycles. The van der Waals surface area contributed by atoms with E-state index in [0.29, 0.717) is 11.3 Å². The van der Waals surface area contributed by atoms with Gasteiger partial charge in [0.05, 0.1) is 12.7 Å². The van der Waals surface area contributed by atoms with Crippen LogP contribution in [0.2, 0.25) is 0 Å². The predicted octanol–water partition coefficient (Wildman–Crippen LogP) is 3.24. The Morgan fingerprint density at radius 3 is 2.50 bits per heavy atom. The highest BCUT2D eigenvalue weighted by atomic mass is 19.1. The fourth-order valence-electron chi connectivity index (χ4n) is 3.70. The Balaban J connectivity index is 1.95. The van der Waals surface area contributed by atoms with E-state index in [0.717, 1.165) is 25.2 Å². The van der Waals surface area contributed by atoms with Gasteiger partial charge < -0.3 is 9.64 Å². The average Bonchev–Trinajstić information content (AvgIpc) is 2.30. The molecule has 3 fully saturated rings. The Bertz CT molecular complexity index is 538. The maximum atomic E-state index is 13.5. The first-order valence-electron chi connectivity index (χ1n) is 7.14. The molecule has 0 radical (unpaired) electrons. The van der Waals surface area contributed by atoms with Crippen LogP contribution in [0.15, 0.2) is 18.2 Å². The van der Waals surface area contributed by atoms with Gasteiger partial charge >= 0.3 is 0 Å². The van der Waals surface area contributed by atoms with Gasteiger partial charge in [0, 0.05) is 11.6 Å². The van der Waals surface area contributed by atoms with Crippen molar-refractivity contribution in [3.05, 3.63) is 29.6 Å². The van der Waals surface area contributed by atoms with Gasteiger partial charge in [-0.3, -0.25) is 4.79 Å². The summed E-state index contributed by atoms with van der Waals surface area (Å²) in [7, 11) is 1.50. The van der Waals surface area contributed by atoms with Crippen molar-refractivity contribution < 1.29 is 13.9 Å². The van der Waals surface area contributed by atoms with Crippen LogP contribution in [0.3, 0.4) is 0 Å². The van der Waals surface area contributed by atoms with Gasteiger partial charge in [0.2, 0.25) is 0 Å². The number of methoxy groups -OCH3 is 1. The normalized spacial score (nSPS) is 26.8. The molecule has 3 nitrogen and oxygen atoms in total. The van der Waals surface area contributed by atoms with E-state index in [-0.39, 0.29) is 17.5 Å². The summed E-state index contributed by atoms with van der Waals surface area (Å²) < 4.78 is 18.7. The van der Waals surface area contributed by atoms with Crippen molar-refractivity contribution in [3.63, 3.8) is 0 Å². The number of carbonyl (C=O) groups excluding carboxylic acids is 1. The van der Waals surface area contributed by atoms with Crippen LogP contribution < -0.4 is 4.74 Å². The molecule has 4 heteroatoms. The summed E-state index contributed by atoms with van der Waals surface area (Å²) in [5.41, 5.74) is 0.346. The number of hydrogen-bond acceptors (Lipinski definition) is 2. The van der Waals surface area contributed by atoms with Gasteiger partial charge in [0.15, 0.2) is 0 Å². The smallest absolute Gasteiger partial charge is 0.258 e. The lowest BCUT2D eigenvalue weighted by atomic mass is 9.48. The molecule has 2 bridgehead atoms. The second kappa shape index (κ2) is 4.47. The van der Waals surface area contributed by atoms with Gasteiger partial charge in [-0.1, -0.05) is 0 Å². The standard InChI is InChI=1S/C16H20FNO2/c1-10(2)18(16-7-11(8-16)9-16)15(19)13-6-12(17)4-5-14(13)20-3/h4-6,10-11H,7-9H2,1-3H3. The first-order chi connectivity index (χ1) is 9.47. The second-order valence-corrected chi connectivity index (χ2v) is 6.32. The summed E-state index contributed by atoms with van der Waals surface area (Å²) >= 11 is 0. The lowest BCUT2D eigenvalue weighted by molar-refractivity contribution is -0.134. The number of hydrogen-bond donors (Lipinski definition) is 0. The summed E-state index contributed by atoms with van der Waals surface area (Å²) in [6, 6.07) is 4.22. The maximum Gasteiger partial charge on any atom is 0.258 e. The van der Waals surface area contributed by atoms with Crippen LogP contribution in [0.5, 0.6) is 5.75 Å². The van der Waals surface area contributed by atoms with E-state index in [9.17, 15) is 9.18 Å². The molecule has 3 aliphatic rings. The molecule has 0 saturated heterocycles. The topological polar surface area (TPSA) is 29.5 Å². The molecule has 3 aliphatic carbocycles. The number of nitrogens with zero attached hydrogens (tertiary/aromatic N) is 1. The molecular formula is C16H20FNO2. The zero-order valence-electron chi connectivity index (χ0n) is 12.1. The molecule has 4 rings (SSSR count). The lowest BCUT2D eigenvalue weighted by Crippen LogP contribution is -2.71. The summed E-state index contributed by atoms with van der Waals surface area (Å²) in [6.07, 6.45) is 3.28. The van der Waals surface area contributed by atoms with E-state index in [4.69, 9.17) is 4.74 Å². The van der Waals surface area contributed by atoms with Crippen LogP contribution in [-0.2, 0) is 0 Å². The molecule has 20 heavy (non-hydrogen) atoms. The van der Waals surface area contributed by atoms with Crippen molar-refractivity contribution in [2.45, 2.75) is 44.7 Å². The number of benzene rings is 1. The third kappa shape index (κ3) is 1.81. The van der Waals surface area contributed by atoms with Crippen molar-refractivity contribution in [2.24, 2.45) is 5.92 Å². The Hall–Kier alpha value is -1.58. The van der Waals surface area contributed by atoms with Gasteiger partial charge in [-0.05, 0) is 57.2 Å². The average molecular weight is 277 g/mol. The van der Waals surface area contributed by atoms with Gasteiger partial charge in [-0.25, -0.2) is 4.39 Å². The van der Waals surface area contributed by atoms with E-state index in [2.05, 4.69) is 0 Å². The second-order valence-electron chi connectivity index (χ2n) is 6.32. The monoisotopic (exact) mass is 277 g/mol. The molecule has 0 N–H and O–H groups in total. The molecule has 0 spiro atoms. The van der Waals surface area contributed by atoms with Crippen LogP contribution in [0.25, 0.3) is 0 Å². The zero-order chi connectivity index (χ0) is 14.5. The van der Waals surface area contributed by atoms with Crippen molar-refractivity contribution in [1.82, 2.24) is 4.90 Å². The third-order valence-corrected chi connectivity index (χ3v) is 4.64. The van der Waals surface area contributed by atoms with Crippen molar-refractivity contribution in [1.29, 1.82) is 0 Å². The number of carbonyl (C=O) groups is 1. The van der Waals surface area contributed by atoms with E-state index in [1.807, 2.05) is 18.7 Å². The van der Waals surface area contributed by atoms with Gasteiger partial charge in [0.1, 0.15) is 11.6 Å². The number of rotatable bonds is 4. The Morgan fingerprint density at radius 1 is 1.40 bits per heavy atom. The summed E-state index contributed by atoms with van der Waals surface area (Å²) in [5, 5.41) is 0. The van der Waals surface area contributed by atoms with Crippen LogP contribution >= 0.6 is 0 Å². The summed E-state index contributed by atoms with van der Waals surface area (Å²) in [6.45, 7) is 4.04. The summed E-state index contributed by atoms with van der Waals surface area (Å²) in [4.78, 5) is 14.8. The molecular weight excluding hydrogens is 257 g/mol. The first-order valence-corrected chi connectivity index (χ1v) is 7.14. The fraction of sp³-hybridized carbons (Fsp3) is 0.562. The van der Waals surface area contributed by atoms with Crippen molar-refractivity contribution in [2.75, 3.05) is 7.11 Å². The minimum absolute atomic E-state index is 0.0211. The van der Waals surface area contributed by atoms with Gasteiger partial charge in [-0.15, -0.1) is 0 Å². The largest absolute Gasteiger partial charge is 0.496 e. The SMILES string of the molecule is COc1ccc(F)cc1C(=O)N(C(C)C)C12CC(C1)C2.